The van der Waals surface area contributed by atoms with Crippen LogP contribution in [0.4, 0.5) is 10.1 Å². The van der Waals surface area contributed by atoms with Crippen molar-refractivity contribution in [1.29, 1.82) is 0 Å². The number of methoxy groups -OCH3 is 1. The number of non-ortho nitro benzene ring substituents is 1. The van der Waals surface area contributed by atoms with Crippen LogP contribution in [0.5, 0.6) is 0 Å². The summed E-state index contributed by atoms with van der Waals surface area (Å²) in [6.45, 7) is 0. The molecule has 0 bridgehead atoms. The summed E-state index contributed by atoms with van der Waals surface area (Å²) in [6.07, 6.45) is -1.84. The molecule has 0 aliphatic heterocycles. The molecule has 0 aromatic heterocycles. The number of hydrogen-bond donors (Lipinski definition) is 1. The van der Waals surface area contributed by atoms with Gasteiger partial charge in [0.25, 0.3) is 5.69 Å². The van der Waals surface area contributed by atoms with E-state index in [1.807, 2.05) is 0 Å². The second-order valence-corrected chi connectivity index (χ2v) is 2.94. The van der Waals surface area contributed by atoms with E-state index < -0.39 is 17.2 Å². The van der Waals surface area contributed by atoms with Gasteiger partial charge in [0.2, 0.25) is 12.3 Å². The Morgan fingerprint density at radius 1 is 1.62 bits per heavy atom. The molecule has 7 heteroatoms. The van der Waals surface area contributed by atoms with Crippen LogP contribution < -0.4 is 5.73 Å². The Morgan fingerprint density at radius 2 is 2.25 bits per heavy atom. The number of hydrogen-bond acceptors (Lipinski definition) is 4. The minimum Gasteiger partial charge on any atom is -0.366 e. The van der Waals surface area contributed by atoms with E-state index in [1.165, 1.54) is 0 Å². The van der Waals surface area contributed by atoms with Gasteiger partial charge in [0.1, 0.15) is 0 Å². The topological polar surface area (TPSA) is 95.5 Å². The fourth-order valence-electron chi connectivity index (χ4n) is 1.20. The van der Waals surface area contributed by atoms with Gasteiger partial charge in [-0.05, 0) is 6.07 Å². The largest absolute Gasteiger partial charge is 0.366 e. The Labute approximate surface area is 90.0 Å². The molecule has 0 fully saturated rings. The molecular formula is C9H9FN2O4. The highest BCUT2D eigenvalue weighted by atomic mass is 19.1. The molecule has 16 heavy (non-hydrogen) atoms. The summed E-state index contributed by atoms with van der Waals surface area (Å²) in [7, 11) is 1.11. The normalized spacial score (nSPS) is 12.1. The van der Waals surface area contributed by atoms with E-state index in [1.54, 1.807) is 0 Å². The third-order valence-corrected chi connectivity index (χ3v) is 1.96. The molecule has 0 aliphatic rings. The number of nitrogens with zero attached hydrogens (tertiary/aromatic N) is 1. The second-order valence-electron chi connectivity index (χ2n) is 2.94. The molecule has 0 heterocycles. The zero-order valence-electron chi connectivity index (χ0n) is 8.34. The van der Waals surface area contributed by atoms with Crippen molar-refractivity contribution in [2.75, 3.05) is 7.11 Å². The van der Waals surface area contributed by atoms with Crippen molar-refractivity contribution in [1.82, 2.24) is 0 Å². The van der Waals surface area contributed by atoms with Crippen molar-refractivity contribution in [2.45, 2.75) is 6.36 Å². The quantitative estimate of drug-likeness (QED) is 0.620. The van der Waals surface area contributed by atoms with Crippen molar-refractivity contribution in [3.8, 4) is 0 Å². The number of rotatable bonds is 4. The van der Waals surface area contributed by atoms with E-state index in [4.69, 9.17) is 5.73 Å². The van der Waals surface area contributed by atoms with Gasteiger partial charge in [0.15, 0.2) is 0 Å². The van der Waals surface area contributed by atoms with E-state index in [0.717, 1.165) is 25.3 Å². The Balaban J connectivity index is 3.30. The number of halogens is 1. The summed E-state index contributed by atoms with van der Waals surface area (Å²) < 4.78 is 17.6. The molecule has 6 nitrogen and oxygen atoms in total. The Morgan fingerprint density at radius 3 is 2.69 bits per heavy atom. The Bertz CT molecular complexity index is 436. The highest BCUT2D eigenvalue weighted by Crippen LogP contribution is 2.25. The smallest absolute Gasteiger partial charge is 0.270 e. The highest BCUT2D eigenvalue weighted by molar-refractivity contribution is 5.95. The molecule has 0 saturated carbocycles. The maximum atomic E-state index is 13.2. The number of primary amides is 1. The average Bonchev–Trinajstić information content (AvgIpc) is 2.26. The minimum atomic E-state index is -1.84. The molecule has 1 atom stereocenters. The lowest BCUT2D eigenvalue weighted by Gasteiger charge is -2.09. The summed E-state index contributed by atoms with van der Waals surface area (Å²) in [5.74, 6) is -0.946. The molecule has 0 radical (unpaired) electrons. The first-order valence-corrected chi connectivity index (χ1v) is 4.22. The molecule has 0 aliphatic carbocycles. The molecule has 1 unspecified atom stereocenters. The maximum Gasteiger partial charge on any atom is 0.270 e. The van der Waals surface area contributed by atoms with E-state index in [9.17, 15) is 19.3 Å². The van der Waals surface area contributed by atoms with Crippen LogP contribution in [-0.4, -0.2) is 17.9 Å². The average molecular weight is 228 g/mol. The van der Waals surface area contributed by atoms with Gasteiger partial charge < -0.3 is 10.5 Å². The van der Waals surface area contributed by atoms with Crippen LogP contribution in [0.25, 0.3) is 0 Å². The number of alkyl halides is 1. The SMILES string of the molecule is COC(F)c1ccc([N+](=O)[O-])cc1C(N)=O. The van der Waals surface area contributed by atoms with Crippen molar-refractivity contribution < 1.29 is 18.8 Å². The first-order valence-electron chi connectivity index (χ1n) is 4.22. The van der Waals surface area contributed by atoms with Gasteiger partial charge in [-0.15, -0.1) is 0 Å². The van der Waals surface area contributed by atoms with Crippen LogP contribution in [0.3, 0.4) is 0 Å². The van der Waals surface area contributed by atoms with E-state index in [-0.39, 0.29) is 16.8 Å². The Kier molecular flexibility index (Phi) is 3.51. The molecule has 1 aromatic carbocycles. The summed E-state index contributed by atoms with van der Waals surface area (Å²) in [4.78, 5) is 20.8. The molecule has 86 valence electrons. The lowest BCUT2D eigenvalue weighted by atomic mass is 10.1. The van der Waals surface area contributed by atoms with Crippen LogP contribution in [-0.2, 0) is 4.74 Å². The van der Waals surface area contributed by atoms with Gasteiger partial charge >= 0.3 is 0 Å². The van der Waals surface area contributed by atoms with Crippen molar-refractivity contribution in [3.05, 3.63) is 39.4 Å². The van der Waals surface area contributed by atoms with Crippen molar-refractivity contribution in [2.24, 2.45) is 5.73 Å². The zero-order chi connectivity index (χ0) is 12.3. The molecule has 1 amide bonds. The van der Waals surface area contributed by atoms with Gasteiger partial charge in [-0.3, -0.25) is 14.9 Å². The summed E-state index contributed by atoms with van der Waals surface area (Å²) in [5.41, 5.74) is 4.27. The molecular weight excluding hydrogens is 219 g/mol. The van der Waals surface area contributed by atoms with Gasteiger partial charge in [0.05, 0.1) is 10.5 Å². The third-order valence-electron chi connectivity index (χ3n) is 1.96. The predicted octanol–water partition coefficient (Wildman–Crippen LogP) is 1.31. The predicted molar refractivity (Wildman–Crippen MR) is 52.5 cm³/mol. The highest BCUT2D eigenvalue weighted by Gasteiger charge is 2.20. The summed E-state index contributed by atoms with van der Waals surface area (Å²) in [6, 6.07) is 3.10. The molecule has 1 rings (SSSR count). The summed E-state index contributed by atoms with van der Waals surface area (Å²) in [5, 5.41) is 10.5. The van der Waals surface area contributed by atoms with Crippen molar-refractivity contribution >= 4 is 11.6 Å². The standard InChI is InChI=1S/C9H9FN2O4/c1-16-8(10)6-3-2-5(12(14)15)4-7(6)9(11)13/h2-4,8H,1H3,(H2,11,13). The first kappa shape index (κ1) is 12.1. The van der Waals surface area contributed by atoms with Gasteiger partial charge in [-0.1, -0.05) is 0 Å². The maximum absolute atomic E-state index is 13.2. The van der Waals surface area contributed by atoms with Crippen LogP contribution >= 0.6 is 0 Å². The van der Waals surface area contributed by atoms with E-state index in [2.05, 4.69) is 4.74 Å². The van der Waals surface area contributed by atoms with Gasteiger partial charge in [-0.25, -0.2) is 4.39 Å². The number of amides is 1. The lowest BCUT2D eigenvalue weighted by molar-refractivity contribution is -0.384. The number of ether oxygens (including phenoxy) is 1. The number of carbonyl (C=O) groups is 1. The summed E-state index contributed by atoms with van der Waals surface area (Å²) >= 11 is 0. The first-order chi connectivity index (χ1) is 7.47. The van der Waals surface area contributed by atoms with Crippen molar-refractivity contribution in [3.63, 3.8) is 0 Å². The van der Waals surface area contributed by atoms with E-state index >= 15 is 0 Å². The van der Waals surface area contributed by atoms with Crippen LogP contribution in [0.15, 0.2) is 18.2 Å². The Hall–Kier alpha value is -2.02. The fraction of sp³-hybridized carbons (Fsp3) is 0.222. The molecule has 2 N–H and O–H groups in total. The van der Waals surface area contributed by atoms with Crippen LogP contribution in [0.2, 0.25) is 0 Å². The number of benzene rings is 1. The number of carbonyl (C=O) groups excluding carboxylic acids is 1. The molecule has 0 saturated heterocycles. The number of nitro benzene ring substituents is 1. The molecule has 1 aromatic rings. The third kappa shape index (κ3) is 2.31. The van der Waals surface area contributed by atoms with Gasteiger partial charge in [0, 0.05) is 24.8 Å². The number of nitro groups is 1. The van der Waals surface area contributed by atoms with Crippen LogP contribution in [0, 0.1) is 10.1 Å². The van der Waals surface area contributed by atoms with Crippen LogP contribution in [0.1, 0.15) is 22.3 Å². The van der Waals surface area contributed by atoms with E-state index in [0.29, 0.717) is 0 Å². The lowest BCUT2D eigenvalue weighted by Crippen LogP contribution is -2.15. The monoisotopic (exact) mass is 228 g/mol. The fourth-order valence-corrected chi connectivity index (χ4v) is 1.20. The molecule has 0 spiro atoms. The zero-order valence-corrected chi connectivity index (χ0v) is 8.34. The second kappa shape index (κ2) is 4.67. The van der Waals surface area contributed by atoms with Gasteiger partial charge in [-0.2, -0.15) is 0 Å². The minimum absolute atomic E-state index is 0.124. The number of nitrogens with two attached hydrogens (primary N) is 1.